The van der Waals surface area contributed by atoms with Crippen molar-refractivity contribution in [1.82, 2.24) is 9.97 Å². The molecule has 0 radical (unpaired) electrons. The molecule has 2 aromatic heterocycles. The number of halogens is 4. The number of carboxylic acids is 1. The van der Waals surface area contributed by atoms with E-state index in [4.69, 9.17) is 9.84 Å². The normalized spacial score (nSPS) is 15.6. The highest BCUT2D eigenvalue weighted by molar-refractivity contribution is 5.93. The van der Waals surface area contributed by atoms with Gasteiger partial charge in [-0.25, -0.2) is 19.2 Å². The molecule has 2 aromatic rings. The van der Waals surface area contributed by atoms with Crippen LogP contribution in [0.5, 0.6) is 0 Å². The summed E-state index contributed by atoms with van der Waals surface area (Å²) in [5, 5.41) is 8.81. The summed E-state index contributed by atoms with van der Waals surface area (Å²) in [6.45, 7) is 0.705. The van der Waals surface area contributed by atoms with Gasteiger partial charge in [-0.05, 0) is 12.1 Å². The maximum absolute atomic E-state index is 14.1. The quantitative estimate of drug-likeness (QED) is 0.861. The van der Waals surface area contributed by atoms with Crippen molar-refractivity contribution in [3.05, 3.63) is 29.2 Å². The number of hydrogen-bond acceptors (Lipinski definition) is 5. The summed E-state index contributed by atoms with van der Waals surface area (Å²) < 4.78 is 58.2. The summed E-state index contributed by atoms with van der Waals surface area (Å²) in [6.07, 6.45) is -5.06. The number of rotatable bonds is 3. The zero-order chi connectivity index (χ0) is 17.6. The van der Waals surface area contributed by atoms with Gasteiger partial charge in [-0.2, -0.15) is 13.2 Å². The Kier molecular flexibility index (Phi) is 3.78. The van der Waals surface area contributed by atoms with Crippen LogP contribution < -0.4 is 4.90 Å². The number of carboxylic acid groups (broad SMARTS) is 1. The van der Waals surface area contributed by atoms with Gasteiger partial charge in [0.2, 0.25) is 0 Å². The van der Waals surface area contributed by atoms with Crippen LogP contribution in [0.25, 0.3) is 11.0 Å². The SMILES string of the molecule is COC1CN(c2nc3nc(C(F)(F)F)c(C(=O)O)cc3cc2F)C1. The molecular weight excluding hydrogens is 334 g/mol. The van der Waals surface area contributed by atoms with Crippen LogP contribution in [0.2, 0.25) is 0 Å². The Hall–Kier alpha value is -2.49. The van der Waals surface area contributed by atoms with E-state index in [2.05, 4.69) is 9.97 Å². The van der Waals surface area contributed by atoms with Gasteiger partial charge in [0.15, 0.2) is 23.0 Å². The number of anilines is 1. The molecule has 1 N–H and O–H groups in total. The van der Waals surface area contributed by atoms with Crippen molar-refractivity contribution in [2.45, 2.75) is 12.3 Å². The molecule has 0 aliphatic carbocycles. The molecule has 0 unspecified atom stereocenters. The molecule has 0 bridgehead atoms. The third-order valence-electron chi connectivity index (χ3n) is 3.72. The molecule has 0 saturated carbocycles. The maximum atomic E-state index is 14.1. The fourth-order valence-corrected chi connectivity index (χ4v) is 2.43. The lowest BCUT2D eigenvalue weighted by Crippen LogP contribution is -2.52. The second-order valence-corrected chi connectivity index (χ2v) is 5.29. The summed E-state index contributed by atoms with van der Waals surface area (Å²) in [5.74, 6) is -2.71. The van der Waals surface area contributed by atoms with E-state index >= 15 is 0 Å². The monoisotopic (exact) mass is 345 g/mol. The number of pyridine rings is 2. The van der Waals surface area contributed by atoms with Gasteiger partial charge in [0.25, 0.3) is 0 Å². The minimum Gasteiger partial charge on any atom is -0.478 e. The van der Waals surface area contributed by atoms with Gasteiger partial charge in [0.05, 0.1) is 11.7 Å². The van der Waals surface area contributed by atoms with Crippen LogP contribution in [0.15, 0.2) is 12.1 Å². The van der Waals surface area contributed by atoms with Crippen LogP contribution in [0.1, 0.15) is 16.1 Å². The van der Waals surface area contributed by atoms with Crippen LogP contribution in [0, 0.1) is 5.82 Å². The van der Waals surface area contributed by atoms with E-state index in [1.54, 1.807) is 0 Å². The first-order chi connectivity index (χ1) is 11.2. The van der Waals surface area contributed by atoms with Gasteiger partial charge in [0, 0.05) is 25.6 Å². The highest BCUT2D eigenvalue weighted by Crippen LogP contribution is 2.33. The number of fused-ring (bicyclic) bond motifs is 1. The first kappa shape index (κ1) is 16.4. The molecule has 0 spiro atoms. The molecule has 0 amide bonds. The van der Waals surface area contributed by atoms with Gasteiger partial charge in [-0.15, -0.1) is 0 Å². The summed E-state index contributed by atoms with van der Waals surface area (Å²) >= 11 is 0. The zero-order valence-electron chi connectivity index (χ0n) is 12.3. The minimum absolute atomic E-state index is 0.102. The number of aromatic nitrogens is 2. The predicted octanol–water partition coefficient (Wildman–Crippen LogP) is 2.32. The van der Waals surface area contributed by atoms with Crippen LogP contribution >= 0.6 is 0 Å². The second-order valence-electron chi connectivity index (χ2n) is 5.29. The molecule has 1 saturated heterocycles. The van der Waals surface area contributed by atoms with Crippen LogP contribution in [0.3, 0.4) is 0 Å². The molecule has 0 aromatic carbocycles. The highest BCUT2D eigenvalue weighted by Gasteiger charge is 2.38. The molecule has 3 rings (SSSR count). The molecular formula is C14H11F4N3O3. The molecule has 6 nitrogen and oxygen atoms in total. The van der Waals surface area contributed by atoms with Gasteiger partial charge in [-0.3, -0.25) is 0 Å². The Bertz CT molecular complexity index is 819. The van der Waals surface area contributed by atoms with Crippen molar-refractivity contribution < 1.29 is 32.2 Å². The molecule has 1 aliphatic rings. The Balaban J connectivity index is 2.12. The van der Waals surface area contributed by atoms with Gasteiger partial charge >= 0.3 is 12.1 Å². The topological polar surface area (TPSA) is 75.5 Å². The summed E-state index contributed by atoms with van der Waals surface area (Å²) in [5.41, 5.74) is -2.98. The smallest absolute Gasteiger partial charge is 0.434 e. The number of carbonyl (C=O) groups is 1. The number of aromatic carboxylic acids is 1. The molecule has 1 fully saturated rings. The van der Waals surface area contributed by atoms with Crippen molar-refractivity contribution in [3.63, 3.8) is 0 Å². The maximum Gasteiger partial charge on any atom is 0.434 e. The molecule has 1 aliphatic heterocycles. The minimum atomic E-state index is -4.96. The van der Waals surface area contributed by atoms with E-state index in [0.29, 0.717) is 13.1 Å². The average Bonchev–Trinajstić information content (AvgIpc) is 2.44. The lowest BCUT2D eigenvalue weighted by atomic mass is 10.1. The third kappa shape index (κ3) is 2.73. The van der Waals surface area contributed by atoms with Crippen LogP contribution in [-0.2, 0) is 10.9 Å². The molecule has 24 heavy (non-hydrogen) atoms. The number of alkyl halides is 3. The van der Waals surface area contributed by atoms with Gasteiger partial charge < -0.3 is 14.7 Å². The third-order valence-corrected chi connectivity index (χ3v) is 3.72. The Morgan fingerprint density at radius 3 is 2.54 bits per heavy atom. The van der Waals surface area contributed by atoms with Crippen LogP contribution in [0.4, 0.5) is 23.4 Å². The lowest BCUT2D eigenvalue weighted by Gasteiger charge is -2.39. The molecule has 128 valence electrons. The number of hydrogen-bond donors (Lipinski definition) is 1. The Morgan fingerprint density at radius 2 is 2.00 bits per heavy atom. The van der Waals surface area contributed by atoms with Gasteiger partial charge in [-0.1, -0.05) is 0 Å². The van der Waals surface area contributed by atoms with Gasteiger partial charge in [0.1, 0.15) is 0 Å². The Labute approximate surface area is 132 Å². The van der Waals surface area contributed by atoms with Crippen molar-refractivity contribution in [3.8, 4) is 0 Å². The van der Waals surface area contributed by atoms with Crippen molar-refractivity contribution in [1.29, 1.82) is 0 Å². The van der Waals surface area contributed by atoms with Crippen LogP contribution in [-0.4, -0.2) is 47.3 Å². The van der Waals surface area contributed by atoms with E-state index in [1.807, 2.05) is 0 Å². The Morgan fingerprint density at radius 1 is 1.33 bits per heavy atom. The van der Waals surface area contributed by atoms with E-state index in [9.17, 15) is 22.4 Å². The lowest BCUT2D eigenvalue weighted by molar-refractivity contribution is -0.141. The zero-order valence-corrected chi connectivity index (χ0v) is 12.3. The van der Waals surface area contributed by atoms with E-state index in [0.717, 1.165) is 12.1 Å². The largest absolute Gasteiger partial charge is 0.478 e. The fourth-order valence-electron chi connectivity index (χ4n) is 2.43. The standard InChI is InChI=1S/C14H11F4N3O3/c1-24-7-4-21(5-7)12-9(15)3-6-2-8(13(22)23)10(14(16,17)18)19-11(6)20-12/h2-3,7H,4-5H2,1H3,(H,22,23). The predicted molar refractivity (Wildman–Crippen MR) is 74.5 cm³/mol. The van der Waals surface area contributed by atoms with E-state index in [-0.39, 0.29) is 23.0 Å². The highest BCUT2D eigenvalue weighted by atomic mass is 19.4. The average molecular weight is 345 g/mol. The summed E-state index contributed by atoms with van der Waals surface area (Å²) in [4.78, 5) is 19.7. The second kappa shape index (κ2) is 5.55. The van der Waals surface area contributed by atoms with Crippen molar-refractivity contribution in [2.75, 3.05) is 25.1 Å². The molecule has 0 atom stereocenters. The van der Waals surface area contributed by atoms with E-state index in [1.165, 1.54) is 12.0 Å². The number of nitrogens with zero attached hydrogens (tertiary/aromatic N) is 3. The van der Waals surface area contributed by atoms with Crippen molar-refractivity contribution >= 4 is 22.8 Å². The summed E-state index contributed by atoms with van der Waals surface area (Å²) in [7, 11) is 1.50. The number of methoxy groups -OCH3 is 1. The van der Waals surface area contributed by atoms with E-state index < -0.39 is 29.2 Å². The molecule has 10 heteroatoms. The molecule has 3 heterocycles. The van der Waals surface area contributed by atoms with Crippen molar-refractivity contribution in [2.24, 2.45) is 0 Å². The summed E-state index contributed by atoms with van der Waals surface area (Å²) in [6, 6.07) is 1.65. The first-order valence-corrected chi connectivity index (χ1v) is 6.80. The first-order valence-electron chi connectivity index (χ1n) is 6.80. The number of ether oxygens (including phenoxy) is 1. The fraction of sp³-hybridized carbons (Fsp3) is 0.357.